The van der Waals surface area contributed by atoms with Crippen molar-refractivity contribution < 1.29 is 19.2 Å². The third-order valence-electron chi connectivity index (χ3n) is 5.56. The molecule has 29 heavy (non-hydrogen) atoms. The predicted molar refractivity (Wildman–Crippen MR) is 108 cm³/mol. The van der Waals surface area contributed by atoms with Crippen LogP contribution < -0.4 is 10.6 Å². The van der Waals surface area contributed by atoms with Crippen LogP contribution in [-0.4, -0.2) is 123 Å². The molecule has 10 heteroatoms. The highest BCUT2D eigenvalue weighted by Crippen LogP contribution is 2.03. The maximum atomic E-state index is 12.2. The third-order valence-corrected chi connectivity index (χ3v) is 5.56. The lowest BCUT2D eigenvalue weighted by Gasteiger charge is -2.31. The normalized spacial score (nSPS) is 19.0. The van der Waals surface area contributed by atoms with E-state index >= 15 is 0 Å². The molecule has 2 rings (SSSR count). The van der Waals surface area contributed by atoms with Crippen molar-refractivity contribution in [2.75, 3.05) is 79.5 Å². The van der Waals surface area contributed by atoms with Gasteiger partial charge in [0, 0.05) is 53.4 Å². The maximum absolute atomic E-state index is 12.2. The molecule has 0 bridgehead atoms. The molecule has 0 atom stereocenters. The van der Waals surface area contributed by atoms with Gasteiger partial charge in [0.25, 0.3) is 0 Å². The summed E-state index contributed by atoms with van der Waals surface area (Å²) >= 11 is 0. The summed E-state index contributed by atoms with van der Waals surface area (Å²) in [5.41, 5.74) is 0. The summed E-state index contributed by atoms with van der Waals surface area (Å²) in [4.78, 5) is 54.8. The number of nitrogens with zero attached hydrogens (tertiary/aromatic N) is 4. The van der Waals surface area contributed by atoms with Crippen LogP contribution in [0.1, 0.15) is 13.3 Å². The third kappa shape index (κ3) is 7.62. The molecule has 2 aliphatic rings. The van der Waals surface area contributed by atoms with Gasteiger partial charge in [-0.3, -0.25) is 29.0 Å². The molecule has 2 N–H and O–H groups in total. The highest BCUT2D eigenvalue weighted by Gasteiger charge is 2.24. The van der Waals surface area contributed by atoms with Crippen LogP contribution in [0.25, 0.3) is 0 Å². The lowest BCUT2D eigenvalue weighted by Crippen LogP contribution is -2.52. The fraction of sp³-hybridized carbons (Fsp3) is 0.789. The Hall–Kier alpha value is -2.20. The van der Waals surface area contributed by atoms with E-state index in [0.29, 0.717) is 39.3 Å². The van der Waals surface area contributed by atoms with E-state index in [9.17, 15) is 19.2 Å². The minimum atomic E-state index is -0.108. The Kier molecular flexibility index (Phi) is 8.84. The molecule has 2 fully saturated rings. The maximum Gasteiger partial charge on any atom is 0.236 e. The topological polar surface area (TPSA) is 105 Å². The Morgan fingerprint density at radius 2 is 1.24 bits per heavy atom. The van der Waals surface area contributed by atoms with Gasteiger partial charge < -0.3 is 20.4 Å². The van der Waals surface area contributed by atoms with Gasteiger partial charge in [-0.2, -0.15) is 0 Å². The molecule has 164 valence electrons. The second kappa shape index (κ2) is 11.1. The molecule has 10 nitrogen and oxygen atoms in total. The summed E-state index contributed by atoms with van der Waals surface area (Å²) in [6, 6.07) is 0. The molecular formula is C19H34N6O4. The number of amides is 4. The molecular weight excluding hydrogens is 376 g/mol. The van der Waals surface area contributed by atoms with Crippen molar-refractivity contribution in [3.05, 3.63) is 0 Å². The van der Waals surface area contributed by atoms with Gasteiger partial charge in [0.1, 0.15) is 0 Å². The van der Waals surface area contributed by atoms with Crippen LogP contribution in [0.2, 0.25) is 0 Å². The highest BCUT2D eigenvalue weighted by atomic mass is 16.2. The first-order valence-electron chi connectivity index (χ1n) is 10.2. The summed E-state index contributed by atoms with van der Waals surface area (Å²) < 4.78 is 0. The largest absolute Gasteiger partial charge is 0.355 e. The predicted octanol–water partition coefficient (Wildman–Crippen LogP) is -2.21. The lowest BCUT2D eigenvalue weighted by molar-refractivity contribution is -0.136. The van der Waals surface area contributed by atoms with Crippen LogP contribution in [0.5, 0.6) is 0 Å². The number of hydrogen-bond acceptors (Lipinski definition) is 6. The molecule has 4 amide bonds. The molecule has 2 heterocycles. The van der Waals surface area contributed by atoms with Crippen molar-refractivity contribution in [1.29, 1.82) is 0 Å². The van der Waals surface area contributed by atoms with Crippen LogP contribution in [0, 0.1) is 5.92 Å². The molecule has 2 saturated heterocycles. The summed E-state index contributed by atoms with van der Waals surface area (Å²) in [5.74, 6) is -0.0298. The van der Waals surface area contributed by atoms with Gasteiger partial charge in [-0.05, 0) is 12.3 Å². The SMILES string of the molecule is CCC(CNC(=O)CN1CCN(C)C(=O)C1)CNC(=O)CN1CCN(C)C(=O)C1. The van der Waals surface area contributed by atoms with Crippen LogP contribution >= 0.6 is 0 Å². The van der Waals surface area contributed by atoms with Crippen LogP contribution in [0.4, 0.5) is 0 Å². The minimum absolute atomic E-state index is 0.0280. The average Bonchev–Trinajstić information content (AvgIpc) is 2.68. The summed E-state index contributed by atoms with van der Waals surface area (Å²) in [5, 5.41) is 5.81. The lowest BCUT2D eigenvalue weighted by atomic mass is 10.1. The second-order valence-electron chi connectivity index (χ2n) is 7.93. The minimum Gasteiger partial charge on any atom is -0.355 e. The monoisotopic (exact) mass is 410 g/mol. The first-order chi connectivity index (χ1) is 13.8. The van der Waals surface area contributed by atoms with Crippen molar-refractivity contribution in [2.24, 2.45) is 5.92 Å². The standard InChI is InChI=1S/C19H34N6O4/c1-4-15(9-20-16(26)11-24-7-5-22(2)18(28)13-24)10-21-17(27)12-25-8-6-23(3)19(29)14-25/h15H,4-14H2,1-3H3,(H,20,26)(H,21,27). The van der Waals surface area contributed by atoms with E-state index in [1.165, 1.54) is 0 Å². The van der Waals surface area contributed by atoms with Gasteiger partial charge in [0.05, 0.1) is 26.2 Å². The van der Waals surface area contributed by atoms with E-state index in [4.69, 9.17) is 0 Å². The molecule has 0 unspecified atom stereocenters. The molecule has 0 saturated carbocycles. The van der Waals surface area contributed by atoms with Crippen LogP contribution in [0.3, 0.4) is 0 Å². The van der Waals surface area contributed by atoms with E-state index < -0.39 is 0 Å². The average molecular weight is 411 g/mol. The summed E-state index contributed by atoms with van der Waals surface area (Å²) in [6.07, 6.45) is 0.820. The fourth-order valence-corrected chi connectivity index (χ4v) is 3.28. The van der Waals surface area contributed by atoms with Crippen LogP contribution in [-0.2, 0) is 19.2 Å². The van der Waals surface area contributed by atoms with E-state index in [0.717, 1.165) is 6.42 Å². The zero-order valence-electron chi connectivity index (χ0n) is 17.8. The number of hydrogen-bond donors (Lipinski definition) is 2. The van der Waals surface area contributed by atoms with Gasteiger partial charge in [-0.1, -0.05) is 6.92 Å². The zero-order chi connectivity index (χ0) is 21.4. The smallest absolute Gasteiger partial charge is 0.236 e. The second-order valence-corrected chi connectivity index (χ2v) is 7.93. The Balaban J connectivity index is 1.64. The van der Waals surface area contributed by atoms with E-state index in [2.05, 4.69) is 10.6 Å². The fourth-order valence-electron chi connectivity index (χ4n) is 3.28. The number of piperazine rings is 2. The summed E-state index contributed by atoms with van der Waals surface area (Å²) in [6.45, 7) is 6.58. The number of nitrogens with one attached hydrogen (secondary N) is 2. The first kappa shape index (κ1) is 23.1. The van der Waals surface area contributed by atoms with Gasteiger partial charge in [-0.15, -0.1) is 0 Å². The van der Waals surface area contributed by atoms with Gasteiger partial charge in [0.15, 0.2) is 0 Å². The first-order valence-corrected chi connectivity index (χ1v) is 10.2. The highest BCUT2D eigenvalue weighted by molar-refractivity contribution is 5.82. The molecule has 0 aliphatic carbocycles. The van der Waals surface area contributed by atoms with Crippen molar-refractivity contribution in [1.82, 2.24) is 30.2 Å². The van der Waals surface area contributed by atoms with Gasteiger partial charge in [0.2, 0.25) is 23.6 Å². The quantitative estimate of drug-likeness (QED) is 0.447. The van der Waals surface area contributed by atoms with E-state index in [1.807, 2.05) is 16.7 Å². The van der Waals surface area contributed by atoms with Gasteiger partial charge in [-0.25, -0.2) is 0 Å². The Morgan fingerprint density at radius 3 is 1.59 bits per heavy atom. The molecule has 0 aromatic carbocycles. The van der Waals surface area contributed by atoms with Crippen molar-refractivity contribution >= 4 is 23.6 Å². The van der Waals surface area contributed by atoms with Crippen LogP contribution in [0.15, 0.2) is 0 Å². The number of likely N-dealkylation sites (N-methyl/N-ethyl adjacent to an activating group) is 2. The number of carbonyl (C=O) groups is 4. The van der Waals surface area contributed by atoms with E-state index in [-0.39, 0.29) is 55.7 Å². The van der Waals surface area contributed by atoms with Crippen molar-refractivity contribution in [3.8, 4) is 0 Å². The molecule has 0 spiro atoms. The molecule has 2 aliphatic heterocycles. The Bertz CT molecular complexity index is 564. The van der Waals surface area contributed by atoms with Gasteiger partial charge >= 0.3 is 0 Å². The Labute approximate surface area is 172 Å². The summed E-state index contributed by atoms with van der Waals surface area (Å²) in [7, 11) is 3.53. The zero-order valence-corrected chi connectivity index (χ0v) is 17.8. The van der Waals surface area contributed by atoms with Crippen molar-refractivity contribution in [3.63, 3.8) is 0 Å². The molecule has 0 aromatic heterocycles. The van der Waals surface area contributed by atoms with Crippen molar-refractivity contribution in [2.45, 2.75) is 13.3 Å². The van der Waals surface area contributed by atoms with E-state index in [1.54, 1.807) is 23.9 Å². The molecule has 0 aromatic rings. The number of carbonyl (C=O) groups excluding carboxylic acids is 4. The molecule has 0 radical (unpaired) electrons. The number of rotatable bonds is 9. The Morgan fingerprint density at radius 1 is 0.828 bits per heavy atom.